The molecule has 0 spiro atoms. The number of carbonyl (C=O) groups is 1. The van der Waals surface area contributed by atoms with Crippen LogP contribution in [0.15, 0.2) is 66.0 Å². The smallest absolute Gasteiger partial charge is 0.233 e. The highest BCUT2D eigenvalue weighted by Gasteiger charge is 2.27. The Labute approximate surface area is 190 Å². The van der Waals surface area contributed by atoms with Gasteiger partial charge in [0.2, 0.25) is 5.91 Å². The van der Waals surface area contributed by atoms with Gasteiger partial charge in [0.15, 0.2) is 5.16 Å². The Morgan fingerprint density at radius 2 is 1.97 bits per heavy atom. The van der Waals surface area contributed by atoms with Crippen molar-refractivity contribution in [1.82, 2.24) is 19.4 Å². The molecule has 1 fully saturated rings. The van der Waals surface area contributed by atoms with Crippen molar-refractivity contribution >= 4 is 39.2 Å². The number of rotatable bonds is 5. The third-order valence-corrected chi connectivity index (χ3v) is 8.00. The maximum absolute atomic E-state index is 13.0. The van der Waals surface area contributed by atoms with Crippen LogP contribution in [0.3, 0.4) is 0 Å². The maximum atomic E-state index is 13.0. The Kier molecular flexibility index (Phi) is 5.78. The summed E-state index contributed by atoms with van der Waals surface area (Å²) in [6.07, 6.45) is 4.00. The van der Waals surface area contributed by atoms with E-state index in [0.29, 0.717) is 11.7 Å². The second kappa shape index (κ2) is 8.85. The highest BCUT2D eigenvalue weighted by Crippen LogP contribution is 2.33. The molecule has 0 aliphatic carbocycles. The fourth-order valence-corrected chi connectivity index (χ4v) is 6.04. The lowest BCUT2D eigenvalue weighted by Crippen LogP contribution is -2.40. The first kappa shape index (κ1) is 20.3. The van der Waals surface area contributed by atoms with Crippen molar-refractivity contribution in [3.05, 3.63) is 65.8 Å². The fourth-order valence-electron chi connectivity index (χ4n) is 4.09. The predicted octanol–water partition coefficient (Wildman–Crippen LogP) is 5.20. The molecule has 0 radical (unpaired) electrons. The van der Waals surface area contributed by atoms with Crippen LogP contribution in [0.1, 0.15) is 23.8 Å². The van der Waals surface area contributed by atoms with E-state index in [9.17, 15) is 4.79 Å². The van der Waals surface area contributed by atoms with Crippen molar-refractivity contribution < 1.29 is 4.79 Å². The molecule has 3 heterocycles. The molecule has 1 aliphatic rings. The number of aromatic nitrogens is 3. The van der Waals surface area contributed by atoms with Crippen molar-refractivity contribution in [2.75, 3.05) is 18.8 Å². The van der Waals surface area contributed by atoms with E-state index in [4.69, 9.17) is 4.98 Å². The van der Waals surface area contributed by atoms with Gasteiger partial charge in [-0.05, 0) is 30.5 Å². The molecule has 7 heteroatoms. The molecule has 4 aromatic rings. The summed E-state index contributed by atoms with van der Waals surface area (Å²) in [4.78, 5) is 24.3. The van der Waals surface area contributed by atoms with Crippen molar-refractivity contribution in [1.29, 1.82) is 0 Å². The van der Waals surface area contributed by atoms with Crippen LogP contribution in [0.5, 0.6) is 0 Å². The van der Waals surface area contributed by atoms with Crippen LogP contribution >= 0.6 is 23.1 Å². The first-order valence-corrected chi connectivity index (χ1v) is 12.3. The number of thioether (sulfide) groups is 1. The van der Waals surface area contributed by atoms with Gasteiger partial charge in [0.05, 0.1) is 32.9 Å². The van der Waals surface area contributed by atoms with E-state index in [2.05, 4.69) is 39.9 Å². The SMILES string of the molecule is Cn1c(-c2ccccc2)cnc1SCC(=O)N1CCCC(c2nc3ccccc3s2)C1. The summed E-state index contributed by atoms with van der Waals surface area (Å²) in [6, 6.07) is 18.5. The summed E-state index contributed by atoms with van der Waals surface area (Å²) in [5, 5.41) is 2.02. The molecule has 158 valence electrons. The molecule has 5 rings (SSSR count). The molecular weight excluding hydrogens is 424 g/mol. The third-order valence-electron chi connectivity index (χ3n) is 5.77. The molecule has 2 aromatic carbocycles. The van der Waals surface area contributed by atoms with E-state index in [1.807, 2.05) is 42.4 Å². The number of para-hydroxylation sites is 1. The van der Waals surface area contributed by atoms with E-state index in [1.54, 1.807) is 11.3 Å². The van der Waals surface area contributed by atoms with Crippen molar-refractivity contribution in [3.8, 4) is 11.3 Å². The van der Waals surface area contributed by atoms with Crippen molar-refractivity contribution in [2.45, 2.75) is 23.9 Å². The van der Waals surface area contributed by atoms with Gasteiger partial charge < -0.3 is 9.47 Å². The van der Waals surface area contributed by atoms with Gasteiger partial charge in [0.25, 0.3) is 0 Å². The van der Waals surface area contributed by atoms with E-state index in [1.165, 1.54) is 16.5 Å². The number of fused-ring (bicyclic) bond motifs is 1. The number of likely N-dealkylation sites (tertiary alicyclic amines) is 1. The Balaban J connectivity index is 1.23. The number of hydrogen-bond donors (Lipinski definition) is 0. The highest BCUT2D eigenvalue weighted by atomic mass is 32.2. The van der Waals surface area contributed by atoms with Crippen LogP contribution in [-0.2, 0) is 11.8 Å². The number of thiazole rings is 1. The molecule has 1 aliphatic heterocycles. The lowest BCUT2D eigenvalue weighted by Gasteiger charge is -2.31. The van der Waals surface area contributed by atoms with Crippen LogP contribution < -0.4 is 0 Å². The maximum Gasteiger partial charge on any atom is 0.233 e. The molecule has 0 saturated carbocycles. The van der Waals surface area contributed by atoms with Gasteiger partial charge >= 0.3 is 0 Å². The summed E-state index contributed by atoms with van der Waals surface area (Å²) < 4.78 is 3.29. The highest BCUT2D eigenvalue weighted by molar-refractivity contribution is 7.99. The van der Waals surface area contributed by atoms with E-state index >= 15 is 0 Å². The number of amides is 1. The average Bonchev–Trinajstić information content (AvgIpc) is 3.41. The van der Waals surface area contributed by atoms with Crippen LogP contribution in [0.2, 0.25) is 0 Å². The predicted molar refractivity (Wildman–Crippen MR) is 128 cm³/mol. The van der Waals surface area contributed by atoms with Crippen LogP contribution in [0.25, 0.3) is 21.5 Å². The average molecular weight is 449 g/mol. The largest absolute Gasteiger partial charge is 0.341 e. The van der Waals surface area contributed by atoms with Crippen molar-refractivity contribution in [3.63, 3.8) is 0 Å². The van der Waals surface area contributed by atoms with Crippen LogP contribution in [0.4, 0.5) is 0 Å². The minimum Gasteiger partial charge on any atom is -0.341 e. The lowest BCUT2D eigenvalue weighted by molar-refractivity contribution is -0.129. The molecule has 1 atom stereocenters. The van der Waals surface area contributed by atoms with Gasteiger partial charge in [-0.15, -0.1) is 11.3 Å². The lowest BCUT2D eigenvalue weighted by atomic mass is 9.99. The molecule has 5 nitrogen and oxygen atoms in total. The number of hydrogen-bond acceptors (Lipinski definition) is 5. The summed E-state index contributed by atoms with van der Waals surface area (Å²) >= 11 is 3.28. The molecule has 1 amide bonds. The molecule has 0 bridgehead atoms. The second-order valence-corrected chi connectivity index (χ2v) is 9.84. The third kappa shape index (κ3) is 4.25. The topological polar surface area (TPSA) is 51.0 Å². The molecule has 2 aromatic heterocycles. The number of piperidine rings is 1. The summed E-state index contributed by atoms with van der Waals surface area (Å²) in [7, 11) is 2.01. The fraction of sp³-hybridized carbons (Fsp3) is 0.292. The van der Waals surface area contributed by atoms with E-state index in [0.717, 1.165) is 52.9 Å². The zero-order chi connectivity index (χ0) is 21.2. The van der Waals surface area contributed by atoms with E-state index in [-0.39, 0.29) is 5.91 Å². The minimum atomic E-state index is 0.181. The first-order chi connectivity index (χ1) is 15.2. The Hall–Kier alpha value is -2.64. The van der Waals surface area contributed by atoms with Gasteiger partial charge in [0.1, 0.15) is 0 Å². The van der Waals surface area contributed by atoms with Gasteiger partial charge in [-0.2, -0.15) is 0 Å². The second-order valence-electron chi connectivity index (χ2n) is 7.84. The van der Waals surface area contributed by atoms with Crippen molar-refractivity contribution in [2.24, 2.45) is 7.05 Å². The molecule has 1 saturated heterocycles. The Morgan fingerprint density at radius 1 is 1.16 bits per heavy atom. The first-order valence-electron chi connectivity index (χ1n) is 10.5. The summed E-state index contributed by atoms with van der Waals surface area (Å²) in [6.45, 7) is 1.59. The van der Waals surface area contributed by atoms with Crippen LogP contribution in [0, 0.1) is 0 Å². The minimum absolute atomic E-state index is 0.181. The quantitative estimate of drug-likeness (QED) is 0.394. The van der Waals surface area contributed by atoms with Gasteiger partial charge in [-0.25, -0.2) is 9.97 Å². The number of nitrogens with zero attached hydrogens (tertiary/aromatic N) is 4. The molecule has 1 unspecified atom stereocenters. The van der Waals surface area contributed by atoms with Gasteiger partial charge in [-0.1, -0.05) is 54.2 Å². The normalized spacial score (nSPS) is 16.7. The number of imidazole rings is 1. The molecule has 0 N–H and O–H groups in total. The molecular formula is C24H24N4OS2. The Bertz CT molecular complexity index is 1170. The van der Waals surface area contributed by atoms with E-state index < -0.39 is 0 Å². The van der Waals surface area contributed by atoms with Gasteiger partial charge in [-0.3, -0.25) is 4.79 Å². The summed E-state index contributed by atoms with van der Waals surface area (Å²) in [5.74, 6) is 0.920. The zero-order valence-corrected chi connectivity index (χ0v) is 19.0. The number of benzene rings is 2. The van der Waals surface area contributed by atoms with Crippen LogP contribution in [-0.4, -0.2) is 44.2 Å². The van der Waals surface area contributed by atoms with Gasteiger partial charge in [0, 0.05) is 26.1 Å². The standard InChI is InChI=1S/C24H24N4OS2/c1-27-20(17-8-3-2-4-9-17)14-25-24(27)30-16-22(29)28-13-7-10-18(15-28)23-26-19-11-5-6-12-21(19)31-23/h2-6,8-9,11-12,14,18H,7,10,13,15-16H2,1H3. The summed E-state index contributed by atoms with van der Waals surface area (Å²) in [5.41, 5.74) is 3.25. The Morgan fingerprint density at radius 3 is 2.81 bits per heavy atom. The monoisotopic (exact) mass is 448 g/mol. The number of carbonyl (C=O) groups excluding carboxylic acids is 1. The zero-order valence-electron chi connectivity index (χ0n) is 17.4. The molecule has 31 heavy (non-hydrogen) atoms.